The van der Waals surface area contributed by atoms with Crippen LogP contribution in [-0.4, -0.2) is 16.9 Å². The molecule has 104 valence electrons. The monoisotopic (exact) mass is 268 g/mol. The first kappa shape index (κ1) is 15.1. The van der Waals surface area contributed by atoms with E-state index in [1.807, 2.05) is 13.8 Å². The van der Waals surface area contributed by atoms with Gasteiger partial charge in [0.25, 0.3) is 5.91 Å². The Balaban J connectivity index is 3.03. The lowest BCUT2D eigenvalue weighted by Gasteiger charge is -2.14. The molecule has 0 aliphatic heterocycles. The first-order valence-electron chi connectivity index (χ1n) is 6.12. The van der Waals surface area contributed by atoms with Crippen LogP contribution in [0.4, 0.5) is 10.1 Å². The van der Waals surface area contributed by atoms with Gasteiger partial charge in [0.2, 0.25) is 5.82 Å². The molecule has 1 atom stereocenters. The van der Waals surface area contributed by atoms with Crippen LogP contribution in [0.2, 0.25) is 0 Å². The Hall–Kier alpha value is -1.98. The molecular weight excluding hydrogens is 251 g/mol. The van der Waals surface area contributed by atoms with E-state index in [1.165, 1.54) is 0 Å². The zero-order valence-corrected chi connectivity index (χ0v) is 11.2. The molecule has 1 aromatic carbocycles. The molecule has 1 amide bonds. The molecule has 6 heteroatoms. The number of nitrogens with one attached hydrogen (secondary N) is 1. The molecule has 1 rings (SSSR count). The SMILES string of the molecule is CCCC(C)NC(=O)c1cc([N+](=O)[O-])c(F)cc1C. The molecule has 0 fully saturated rings. The number of rotatable bonds is 5. The van der Waals surface area contributed by atoms with Crippen LogP contribution in [0.5, 0.6) is 0 Å². The minimum Gasteiger partial charge on any atom is -0.350 e. The van der Waals surface area contributed by atoms with Crippen molar-refractivity contribution in [2.24, 2.45) is 0 Å². The molecule has 0 aromatic heterocycles. The number of hydrogen-bond acceptors (Lipinski definition) is 3. The predicted octanol–water partition coefficient (Wildman–Crippen LogP) is 2.96. The molecule has 0 saturated carbocycles. The third-order valence-corrected chi connectivity index (χ3v) is 2.83. The van der Waals surface area contributed by atoms with Crippen molar-refractivity contribution in [2.45, 2.75) is 39.7 Å². The van der Waals surface area contributed by atoms with Gasteiger partial charge in [0, 0.05) is 17.7 Å². The van der Waals surface area contributed by atoms with Crippen molar-refractivity contribution in [3.8, 4) is 0 Å². The lowest BCUT2D eigenvalue weighted by atomic mass is 10.1. The van der Waals surface area contributed by atoms with Crippen molar-refractivity contribution in [1.82, 2.24) is 5.32 Å². The Bertz CT molecular complexity index is 503. The molecule has 1 aromatic rings. The Kier molecular flexibility index (Phi) is 4.97. The number of nitro groups is 1. The lowest BCUT2D eigenvalue weighted by molar-refractivity contribution is -0.387. The summed E-state index contributed by atoms with van der Waals surface area (Å²) >= 11 is 0. The highest BCUT2D eigenvalue weighted by atomic mass is 19.1. The predicted molar refractivity (Wildman–Crippen MR) is 69.6 cm³/mol. The van der Waals surface area contributed by atoms with Crippen molar-refractivity contribution in [3.63, 3.8) is 0 Å². The number of hydrogen-bond donors (Lipinski definition) is 1. The van der Waals surface area contributed by atoms with E-state index >= 15 is 0 Å². The van der Waals surface area contributed by atoms with Crippen LogP contribution in [0.15, 0.2) is 12.1 Å². The van der Waals surface area contributed by atoms with Crippen molar-refractivity contribution >= 4 is 11.6 Å². The zero-order valence-electron chi connectivity index (χ0n) is 11.2. The molecule has 1 unspecified atom stereocenters. The second-order valence-electron chi connectivity index (χ2n) is 4.54. The average molecular weight is 268 g/mol. The van der Waals surface area contributed by atoms with Gasteiger partial charge in [-0.3, -0.25) is 14.9 Å². The summed E-state index contributed by atoms with van der Waals surface area (Å²) in [6, 6.07) is 1.97. The largest absolute Gasteiger partial charge is 0.350 e. The van der Waals surface area contributed by atoms with E-state index < -0.39 is 22.3 Å². The highest BCUT2D eigenvalue weighted by molar-refractivity contribution is 5.96. The van der Waals surface area contributed by atoms with Gasteiger partial charge in [0.05, 0.1) is 4.92 Å². The fraction of sp³-hybridized carbons (Fsp3) is 0.462. The molecule has 0 saturated heterocycles. The number of benzene rings is 1. The Morgan fingerprint density at radius 3 is 2.68 bits per heavy atom. The van der Waals surface area contributed by atoms with E-state index in [2.05, 4.69) is 5.32 Å². The van der Waals surface area contributed by atoms with Crippen molar-refractivity contribution in [3.05, 3.63) is 39.2 Å². The van der Waals surface area contributed by atoms with Gasteiger partial charge in [-0.2, -0.15) is 4.39 Å². The van der Waals surface area contributed by atoms with E-state index in [0.717, 1.165) is 25.0 Å². The van der Waals surface area contributed by atoms with Crippen LogP contribution in [-0.2, 0) is 0 Å². The van der Waals surface area contributed by atoms with Crippen molar-refractivity contribution in [2.75, 3.05) is 0 Å². The molecule has 1 N–H and O–H groups in total. The average Bonchev–Trinajstić information content (AvgIpc) is 2.28. The molecule has 0 aliphatic rings. The van der Waals surface area contributed by atoms with Gasteiger partial charge in [0.1, 0.15) is 0 Å². The number of amides is 1. The van der Waals surface area contributed by atoms with Gasteiger partial charge >= 0.3 is 5.69 Å². The molecule has 0 heterocycles. The first-order chi connectivity index (χ1) is 8.86. The number of halogens is 1. The fourth-order valence-electron chi connectivity index (χ4n) is 1.85. The van der Waals surface area contributed by atoms with Gasteiger partial charge in [-0.25, -0.2) is 0 Å². The van der Waals surface area contributed by atoms with E-state index in [-0.39, 0.29) is 11.6 Å². The number of aryl methyl sites for hydroxylation is 1. The number of nitrogens with zero attached hydrogens (tertiary/aromatic N) is 1. The molecule has 0 radical (unpaired) electrons. The van der Waals surface area contributed by atoms with Crippen LogP contribution < -0.4 is 5.32 Å². The van der Waals surface area contributed by atoms with E-state index in [4.69, 9.17) is 0 Å². The number of nitro benzene ring substituents is 1. The second kappa shape index (κ2) is 6.26. The summed E-state index contributed by atoms with van der Waals surface area (Å²) in [4.78, 5) is 21.8. The van der Waals surface area contributed by atoms with Crippen LogP contribution in [0.1, 0.15) is 42.6 Å². The summed E-state index contributed by atoms with van der Waals surface area (Å²) in [5.41, 5.74) is -0.167. The highest BCUT2D eigenvalue weighted by Gasteiger charge is 2.20. The number of carbonyl (C=O) groups excluding carboxylic acids is 1. The quantitative estimate of drug-likeness (QED) is 0.659. The smallest absolute Gasteiger partial charge is 0.305 e. The third kappa shape index (κ3) is 3.74. The molecule has 0 bridgehead atoms. The summed E-state index contributed by atoms with van der Waals surface area (Å²) in [6.45, 7) is 5.40. The van der Waals surface area contributed by atoms with Gasteiger partial charge in [-0.1, -0.05) is 13.3 Å². The summed E-state index contributed by atoms with van der Waals surface area (Å²) in [7, 11) is 0. The zero-order chi connectivity index (χ0) is 14.6. The Morgan fingerprint density at radius 1 is 1.53 bits per heavy atom. The van der Waals surface area contributed by atoms with Gasteiger partial charge < -0.3 is 5.32 Å². The van der Waals surface area contributed by atoms with Crippen LogP contribution in [0, 0.1) is 22.9 Å². The molecule has 0 aliphatic carbocycles. The second-order valence-corrected chi connectivity index (χ2v) is 4.54. The maximum atomic E-state index is 13.4. The summed E-state index contributed by atoms with van der Waals surface area (Å²) < 4.78 is 13.4. The summed E-state index contributed by atoms with van der Waals surface area (Å²) in [6.07, 6.45) is 1.73. The molecular formula is C13H17FN2O3. The normalized spacial score (nSPS) is 12.0. The maximum absolute atomic E-state index is 13.4. The van der Waals surface area contributed by atoms with E-state index in [1.54, 1.807) is 6.92 Å². The van der Waals surface area contributed by atoms with Crippen LogP contribution >= 0.6 is 0 Å². The molecule has 5 nitrogen and oxygen atoms in total. The molecule has 0 spiro atoms. The number of carbonyl (C=O) groups is 1. The summed E-state index contributed by atoms with van der Waals surface area (Å²) in [5, 5.41) is 13.4. The third-order valence-electron chi connectivity index (χ3n) is 2.83. The minimum absolute atomic E-state index is 0.0268. The van der Waals surface area contributed by atoms with Crippen LogP contribution in [0.3, 0.4) is 0 Å². The van der Waals surface area contributed by atoms with Crippen LogP contribution in [0.25, 0.3) is 0 Å². The standard InChI is InChI=1S/C13H17FN2O3/c1-4-5-9(3)15-13(17)10-7-12(16(18)19)11(14)6-8(10)2/h6-7,9H,4-5H2,1-3H3,(H,15,17). The maximum Gasteiger partial charge on any atom is 0.305 e. The van der Waals surface area contributed by atoms with Gasteiger partial charge in [-0.05, 0) is 31.9 Å². The minimum atomic E-state index is -0.930. The van der Waals surface area contributed by atoms with Gasteiger partial charge in [-0.15, -0.1) is 0 Å². The van der Waals surface area contributed by atoms with Gasteiger partial charge in [0.15, 0.2) is 0 Å². The lowest BCUT2D eigenvalue weighted by Crippen LogP contribution is -2.32. The fourth-order valence-corrected chi connectivity index (χ4v) is 1.85. The Labute approximate surface area is 111 Å². The summed E-state index contributed by atoms with van der Waals surface area (Å²) in [5.74, 6) is -1.35. The van der Waals surface area contributed by atoms with Crippen molar-refractivity contribution < 1.29 is 14.1 Å². The highest BCUT2D eigenvalue weighted by Crippen LogP contribution is 2.22. The van der Waals surface area contributed by atoms with E-state index in [0.29, 0.717) is 5.56 Å². The molecule has 19 heavy (non-hydrogen) atoms. The topological polar surface area (TPSA) is 72.2 Å². The Morgan fingerprint density at radius 2 is 2.16 bits per heavy atom. The first-order valence-corrected chi connectivity index (χ1v) is 6.12. The van der Waals surface area contributed by atoms with Crippen molar-refractivity contribution in [1.29, 1.82) is 0 Å². The van der Waals surface area contributed by atoms with E-state index in [9.17, 15) is 19.3 Å².